The first-order valence-corrected chi connectivity index (χ1v) is 5.39. The SMILES string of the molecule is CCOC(=O)c1cc(C#CCNC)ccc1N. The summed E-state index contributed by atoms with van der Waals surface area (Å²) in [6, 6.07) is 5.09. The van der Waals surface area contributed by atoms with E-state index in [0.29, 0.717) is 24.4 Å². The van der Waals surface area contributed by atoms with Crippen molar-refractivity contribution >= 4 is 11.7 Å². The topological polar surface area (TPSA) is 64.3 Å². The molecule has 90 valence electrons. The van der Waals surface area contributed by atoms with Crippen LogP contribution in [0.3, 0.4) is 0 Å². The Bertz CT molecular complexity index is 458. The van der Waals surface area contributed by atoms with Gasteiger partial charge in [-0.15, -0.1) is 0 Å². The molecular formula is C13H16N2O2. The summed E-state index contributed by atoms with van der Waals surface area (Å²) >= 11 is 0. The number of hydrogen-bond acceptors (Lipinski definition) is 4. The number of nitrogens with two attached hydrogens (primary N) is 1. The number of anilines is 1. The molecule has 0 saturated heterocycles. The standard InChI is InChI=1S/C13H16N2O2/c1-3-17-13(16)11-9-10(5-4-8-15-2)6-7-12(11)14/h6-7,9,15H,3,8,14H2,1-2H3. The first kappa shape index (κ1) is 13.1. The highest BCUT2D eigenvalue weighted by molar-refractivity contribution is 5.95. The van der Waals surface area contributed by atoms with E-state index in [1.807, 2.05) is 7.05 Å². The molecule has 0 bridgehead atoms. The lowest BCUT2D eigenvalue weighted by Gasteiger charge is -2.05. The van der Waals surface area contributed by atoms with E-state index in [2.05, 4.69) is 17.2 Å². The minimum atomic E-state index is -0.415. The molecule has 1 rings (SSSR count). The van der Waals surface area contributed by atoms with Crippen LogP contribution in [-0.4, -0.2) is 26.2 Å². The Morgan fingerprint density at radius 2 is 2.29 bits per heavy atom. The molecule has 0 aromatic heterocycles. The highest BCUT2D eigenvalue weighted by Gasteiger charge is 2.10. The first-order chi connectivity index (χ1) is 8.19. The number of carbonyl (C=O) groups is 1. The van der Waals surface area contributed by atoms with E-state index in [1.165, 1.54) is 0 Å². The third kappa shape index (κ3) is 3.82. The lowest BCUT2D eigenvalue weighted by molar-refractivity contribution is 0.0527. The minimum Gasteiger partial charge on any atom is -0.462 e. The molecule has 3 N–H and O–H groups in total. The van der Waals surface area contributed by atoms with E-state index >= 15 is 0 Å². The van der Waals surface area contributed by atoms with Gasteiger partial charge in [0.25, 0.3) is 0 Å². The van der Waals surface area contributed by atoms with Crippen LogP contribution < -0.4 is 11.1 Å². The van der Waals surface area contributed by atoms with Crippen molar-refractivity contribution in [2.45, 2.75) is 6.92 Å². The second-order valence-electron chi connectivity index (χ2n) is 3.35. The summed E-state index contributed by atoms with van der Waals surface area (Å²) in [5.74, 6) is 5.43. The summed E-state index contributed by atoms with van der Waals surface area (Å²) < 4.78 is 4.91. The molecule has 0 aliphatic rings. The van der Waals surface area contributed by atoms with E-state index in [1.54, 1.807) is 25.1 Å². The van der Waals surface area contributed by atoms with Gasteiger partial charge in [0.15, 0.2) is 0 Å². The average Bonchev–Trinajstić information content (AvgIpc) is 2.32. The van der Waals surface area contributed by atoms with E-state index in [-0.39, 0.29) is 0 Å². The third-order valence-corrected chi connectivity index (χ3v) is 2.05. The zero-order valence-corrected chi connectivity index (χ0v) is 10.0. The van der Waals surface area contributed by atoms with Crippen molar-refractivity contribution < 1.29 is 9.53 Å². The van der Waals surface area contributed by atoms with Gasteiger partial charge in [-0.1, -0.05) is 11.8 Å². The van der Waals surface area contributed by atoms with Crippen LogP contribution in [0, 0.1) is 11.8 Å². The van der Waals surface area contributed by atoms with Crippen molar-refractivity contribution in [2.75, 3.05) is 25.9 Å². The summed E-state index contributed by atoms with van der Waals surface area (Å²) in [4.78, 5) is 11.6. The molecule has 0 radical (unpaired) electrons. The van der Waals surface area contributed by atoms with Crippen molar-refractivity contribution in [3.8, 4) is 11.8 Å². The van der Waals surface area contributed by atoms with Gasteiger partial charge in [-0.2, -0.15) is 0 Å². The third-order valence-electron chi connectivity index (χ3n) is 2.05. The van der Waals surface area contributed by atoms with Gasteiger partial charge in [0, 0.05) is 11.3 Å². The molecule has 4 nitrogen and oxygen atoms in total. The van der Waals surface area contributed by atoms with Crippen molar-refractivity contribution in [3.05, 3.63) is 29.3 Å². The van der Waals surface area contributed by atoms with Crippen LogP contribution in [0.1, 0.15) is 22.8 Å². The lowest BCUT2D eigenvalue weighted by atomic mass is 10.1. The van der Waals surface area contributed by atoms with E-state index in [9.17, 15) is 4.79 Å². The van der Waals surface area contributed by atoms with Crippen molar-refractivity contribution in [2.24, 2.45) is 0 Å². The number of nitrogens with one attached hydrogen (secondary N) is 1. The Morgan fingerprint density at radius 1 is 1.53 bits per heavy atom. The predicted octanol–water partition coefficient (Wildman–Crippen LogP) is 1.02. The monoisotopic (exact) mass is 232 g/mol. The first-order valence-electron chi connectivity index (χ1n) is 5.39. The van der Waals surface area contributed by atoms with Gasteiger partial charge in [-0.25, -0.2) is 4.79 Å². The fourth-order valence-corrected chi connectivity index (χ4v) is 1.25. The van der Waals surface area contributed by atoms with Crippen molar-refractivity contribution in [1.82, 2.24) is 5.32 Å². The van der Waals surface area contributed by atoms with Crippen LogP contribution in [0.4, 0.5) is 5.69 Å². The molecule has 1 aromatic rings. The summed E-state index contributed by atoms with van der Waals surface area (Å²) in [6.07, 6.45) is 0. The van der Waals surface area contributed by atoms with E-state index in [0.717, 1.165) is 5.56 Å². The number of carbonyl (C=O) groups excluding carboxylic acids is 1. The Balaban J connectivity index is 2.95. The predicted molar refractivity (Wildman–Crippen MR) is 67.6 cm³/mol. The highest BCUT2D eigenvalue weighted by Crippen LogP contribution is 2.14. The summed E-state index contributed by atoms with van der Waals surface area (Å²) in [7, 11) is 1.82. The van der Waals surface area contributed by atoms with Gasteiger partial charge >= 0.3 is 5.97 Å². The van der Waals surface area contributed by atoms with Gasteiger partial charge in [0.1, 0.15) is 0 Å². The quantitative estimate of drug-likeness (QED) is 0.464. The highest BCUT2D eigenvalue weighted by atomic mass is 16.5. The molecule has 0 aliphatic heterocycles. The molecule has 4 heteroatoms. The van der Waals surface area contributed by atoms with Crippen LogP contribution in [0.25, 0.3) is 0 Å². The zero-order valence-electron chi connectivity index (χ0n) is 10.0. The summed E-state index contributed by atoms with van der Waals surface area (Å²) in [5, 5.41) is 2.92. The minimum absolute atomic E-state index is 0.327. The van der Waals surface area contributed by atoms with E-state index in [4.69, 9.17) is 10.5 Å². The molecule has 0 fully saturated rings. The zero-order chi connectivity index (χ0) is 12.7. The van der Waals surface area contributed by atoms with Gasteiger partial charge in [-0.05, 0) is 32.2 Å². The fourth-order valence-electron chi connectivity index (χ4n) is 1.25. The van der Waals surface area contributed by atoms with Crippen LogP contribution in [0.5, 0.6) is 0 Å². The maximum absolute atomic E-state index is 11.6. The molecule has 0 unspecified atom stereocenters. The van der Waals surface area contributed by atoms with Crippen molar-refractivity contribution in [3.63, 3.8) is 0 Å². The number of hydrogen-bond donors (Lipinski definition) is 2. The van der Waals surface area contributed by atoms with Crippen molar-refractivity contribution in [1.29, 1.82) is 0 Å². The molecule has 0 amide bonds. The normalized spacial score (nSPS) is 9.29. The maximum Gasteiger partial charge on any atom is 0.340 e. The Kier molecular flexibility index (Phi) is 5.05. The van der Waals surface area contributed by atoms with Crippen LogP contribution >= 0.6 is 0 Å². The van der Waals surface area contributed by atoms with Crippen LogP contribution in [0.2, 0.25) is 0 Å². The molecule has 0 spiro atoms. The van der Waals surface area contributed by atoms with Gasteiger partial charge < -0.3 is 15.8 Å². The molecule has 0 saturated carbocycles. The van der Waals surface area contributed by atoms with Gasteiger partial charge in [0.2, 0.25) is 0 Å². The maximum atomic E-state index is 11.6. The molecule has 17 heavy (non-hydrogen) atoms. The average molecular weight is 232 g/mol. The smallest absolute Gasteiger partial charge is 0.340 e. The molecule has 0 atom stereocenters. The van der Waals surface area contributed by atoms with Gasteiger partial charge in [-0.3, -0.25) is 0 Å². The second-order valence-corrected chi connectivity index (χ2v) is 3.35. The van der Waals surface area contributed by atoms with Crippen LogP contribution in [-0.2, 0) is 4.74 Å². The Hall–Kier alpha value is -1.99. The molecule has 0 aliphatic carbocycles. The van der Waals surface area contributed by atoms with Crippen LogP contribution in [0.15, 0.2) is 18.2 Å². The number of ether oxygens (including phenoxy) is 1. The summed E-state index contributed by atoms with van der Waals surface area (Å²) in [6.45, 7) is 2.68. The fraction of sp³-hybridized carbons (Fsp3) is 0.308. The number of rotatable bonds is 3. The molecule has 0 heterocycles. The molecular weight excluding hydrogens is 216 g/mol. The Morgan fingerprint density at radius 3 is 2.94 bits per heavy atom. The second kappa shape index (κ2) is 6.56. The lowest BCUT2D eigenvalue weighted by Crippen LogP contribution is -2.08. The summed E-state index contributed by atoms with van der Waals surface area (Å²) in [5.41, 5.74) is 7.23. The largest absolute Gasteiger partial charge is 0.462 e. The van der Waals surface area contributed by atoms with Gasteiger partial charge in [0.05, 0.1) is 18.7 Å². The Labute approximate surface area is 101 Å². The van der Waals surface area contributed by atoms with E-state index < -0.39 is 5.97 Å². The number of esters is 1. The number of benzene rings is 1. The number of nitrogen functional groups attached to an aromatic ring is 1. The molecule has 1 aromatic carbocycles.